The Kier molecular flexibility index (Phi) is 3.59. The predicted octanol–water partition coefficient (Wildman–Crippen LogP) is 0.539. The topological polar surface area (TPSA) is 49.8 Å². The van der Waals surface area contributed by atoms with E-state index in [1.807, 2.05) is 0 Å². The fourth-order valence-electron chi connectivity index (χ4n) is 2.69. The number of esters is 1. The molecule has 4 nitrogen and oxygen atoms in total. The van der Waals surface area contributed by atoms with Crippen molar-refractivity contribution in [1.82, 2.24) is 4.90 Å². The fraction of sp³-hybridized carbons (Fsp3) is 0.909. The first-order valence-corrected chi connectivity index (χ1v) is 5.86. The Hall–Kier alpha value is -0.610. The van der Waals surface area contributed by atoms with Gasteiger partial charge in [0.2, 0.25) is 0 Å². The zero-order valence-corrected chi connectivity index (χ0v) is 9.02. The molecule has 0 amide bonds. The van der Waals surface area contributed by atoms with E-state index in [0.29, 0.717) is 12.6 Å². The van der Waals surface area contributed by atoms with Crippen LogP contribution in [0.4, 0.5) is 0 Å². The molecule has 2 aliphatic heterocycles. The van der Waals surface area contributed by atoms with Crippen LogP contribution in [0.25, 0.3) is 0 Å². The lowest BCUT2D eigenvalue weighted by Gasteiger charge is -2.27. The second kappa shape index (κ2) is 4.94. The maximum Gasteiger partial charge on any atom is 0.323 e. The number of carbonyl (C=O) groups excluding carboxylic acids is 1. The van der Waals surface area contributed by atoms with Gasteiger partial charge in [0, 0.05) is 19.1 Å². The van der Waals surface area contributed by atoms with Gasteiger partial charge in [-0.2, -0.15) is 0 Å². The van der Waals surface area contributed by atoms with Gasteiger partial charge in [0.1, 0.15) is 6.04 Å². The number of ether oxygens (including phenoxy) is 1. The molecule has 4 heteroatoms. The van der Waals surface area contributed by atoms with Gasteiger partial charge < -0.3 is 9.84 Å². The highest BCUT2D eigenvalue weighted by molar-refractivity contribution is 5.77. The highest BCUT2D eigenvalue weighted by atomic mass is 16.5. The third kappa shape index (κ3) is 2.32. The largest absolute Gasteiger partial charge is 0.464 e. The summed E-state index contributed by atoms with van der Waals surface area (Å²) in [7, 11) is 0. The summed E-state index contributed by atoms with van der Waals surface area (Å²) in [6.07, 6.45) is 5.00. The van der Waals surface area contributed by atoms with E-state index in [4.69, 9.17) is 9.84 Å². The number of carbonyl (C=O) groups is 1. The molecule has 0 bridgehead atoms. The predicted molar refractivity (Wildman–Crippen MR) is 55.4 cm³/mol. The maximum absolute atomic E-state index is 11.5. The molecule has 0 radical (unpaired) electrons. The average Bonchev–Trinajstić information content (AvgIpc) is 2.82. The molecule has 0 aromatic carbocycles. The van der Waals surface area contributed by atoms with Crippen molar-refractivity contribution in [3.63, 3.8) is 0 Å². The number of hydrogen-bond acceptors (Lipinski definition) is 4. The fourth-order valence-corrected chi connectivity index (χ4v) is 2.69. The second-order valence-electron chi connectivity index (χ2n) is 4.37. The molecule has 2 atom stereocenters. The van der Waals surface area contributed by atoms with Crippen molar-refractivity contribution >= 4 is 5.97 Å². The van der Waals surface area contributed by atoms with Gasteiger partial charge in [0.05, 0.1) is 6.61 Å². The number of aliphatic hydroxyl groups is 1. The number of hydrogen-bond donors (Lipinski definition) is 1. The van der Waals surface area contributed by atoms with E-state index < -0.39 is 0 Å². The summed E-state index contributed by atoms with van der Waals surface area (Å²) in [5.74, 6) is -0.0501. The van der Waals surface area contributed by atoms with Gasteiger partial charge in [0.25, 0.3) is 0 Å². The van der Waals surface area contributed by atoms with Gasteiger partial charge in [0.15, 0.2) is 0 Å². The lowest BCUT2D eigenvalue weighted by molar-refractivity contribution is -0.142. The summed E-state index contributed by atoms with van der Waals surface area (Å²) in [4.78, 5) is 13.8. The number of likely N-dealkylation sites (tertiary alicyclic amines) is 1. The van der Waals surface area contributed by atoms with Crippen molar-refractivity contribution in [1.29, 1.82) is 0 Å². The van der Waals surface area contributed by atoms with E-state index in [1.165, 1.54) is 6.42 Å². The molecule has 15 heavy (non-hydrogen) atoms. The van der Waals surface area contributed by atoms with E-state index in [-0.39, 0.29) is 18.6 Å². The molecule has 2 unspecified atom stereocenters. The summed E-state index contributed by atoms with van der Waals surface area (Å²) >= 11 is 0. The molecule has 0 aliphatic carbocycles. The van der Waals surface area contributed by atoms with Crippen LogP contribution in [0.1, 0.15) is 32.1 Å². The Morgan fingerprint density at radius 3 is 3.00 bits per heavy atom. The highest BCUT2D eigenvalue weighted by Gasteiger charge is 2.38. The van der Waals surface area contributed by atoms with E-state index >= 15 is 0 Å². The molecule has 0 spiro atoms. The molecule has 2 aliphatic rings. The molecule has 86 valence electrons. The number of nitrogens with zero attached hydrogens (tertiary/aromatic N) is 1. The third-order valence-electron chi connectivity index (χ3n) is 3.43. The summed E-state index contributed by atoms with van der Waals surface area (Å²) < 4.78 is 5.00. The Labute approximate surface area is 90.2 Å². The first-order chi connectivity index (χ1) is 7.33. The summed E-state index contributed by atoms with van der Waals surface area (Å²) in [6.45, 7) is 1.84. The van der Waals surface area contributed by atoms with Gasteiger partial charge in [-0.15, -0.1) is 0 Å². The minimum atomic E-state index is -0.0501. The maximum atomic E-state index is 11.5. The second-order valence-corrected chi connectivity index (χ2v) is 4.37. The van der Waals surface area contributed by atoms with Crippen LogP contribution in [0.5, 0.6) is 0 Å². The van der Waals surface area contributed by atoms with Gasteiger partial charge in [-0.1, -0.05) is 0 Å². The van der Waals surface area contributed by atoms with Crippen LogP contribution in [0.3, 0.4) is 0 Å². The Bertz CT molecular complexity index is 232. The van der Waals surface area contributed by atoms with Crippen LogP contribution < -0.4 is 0 Å². The van der Waals surface area contributed by atoms with Crippen LogP contribution in [0.2, 0.25) is 0 Å². The van der Waals surface area contributed by atoms with Crippen LogP contribution in [-0.2, 0) is 9.53 Å². The summed E-state index contributed by atoms with van der Waals surface area (Å²) in [6, 6.07) is 0.476. The Balaban J connectivity index is 1.91. The van der Waals surface area contributed by atoms with E-state index in [2.05, 4.69) is 4.90 Å². The SMILES string of the molecule is O=C1OCCC1N1CCCC1CCCO. The molecule has 0 aromatic rings. The van der Waals surface area contributed by atoms with Crippen LogP contribution in [-0.4, -0.2) is 47.8 Å². The van der Waals surface area contributed by atoms with Crippen molar-refractivity contribution in [2.75, 3.05) is 19.8 Å². The smallest absolute Gasteiger partial charge is 0.323 e. The molecule has 1 N–H and O–H groups in total. The Morgan fingerprint density at radius 2 is 2.33 bits per heavy atom. The molecular formula is C11H19NO3. The third-order valence-corrected chi connectivity index (χ3v) is 3.43. The van der Waals surface area contributed by atoms with Gasteiger partial charge in [-0.3, -0.25) is 9.69 Å². The molecule has 0 aromatic heterocycles. The quantitative estimate of drug-likeness (QED) is 0.692. The minimum absolute atomic E-state index is 0.00353. The van der Waals surface area contributed by atoms with Crippen LogP contribution >= 0.6 is 0 Å². The van der Waals surface area contributed by atoms with Gasteiger partial charge in [-0.05, 0) is 32.2 Å². The van der Waals surface area contributed by atoms with E-state index in [9.17, 15) is 4.79 Å². The molecule has 2 heterocycles. The average molecular weight is 213 g/mol. The summed E-state index contributed by atoms with van der Waals surface area (Å²) in [5, 5.41) is 8.82. The van der Waals surface area contributed by atoms with Crippen molar-refractivity contribution in [2.24, 2.45) is 0 Å². The first-order valence-electron chi connectivity index (χ1n) is 5.86. The monoisotopic (exact) mass is 213 g/mol. The first kappa shape index (κ1) is 10.9. The minimum Gasteiger partial charge on any atom is -0.464 e. The van der Waals surface area contributed by atoms with E-state index in [0.717, 1.165) is 32.2 Å². The lowest BCUT2D eigenvalue weighted by atomic mass is 10.1. The van der Waals surface area contributed by atoms with E-state index in [1.54, 1.807) is 0 Å². The highest BCUT2D eigenvalue weighted by Crippen LogP contribution is 2.27. The normalized spacial score (nSPS) is 32.2. The molecular weight excluding hydrogens is 194 g/mol. The lowest BCUT2D eigenvalue weighted by Crippen LogP contribution is -2.41. The molecule has 2 saturated heterocycles. The van der Waals surface area contributed by atoms with Gasteiger partial charge in [-0.25, -0.2) is 0 Å². The number of rotatable bonds is 4. The van der Waals surface area contributed by atoms with Crippen molar-refractivity contribution in [2.45, 2.75) is 44.2 Å². The zero-order chi connectivity index (χ0) is 10.7. The van der Waals surface area contributed by atoms with Crippen molar-refractivity contribution < 1.29 is 14.6 Å². The molecule has 2 fully saturated rings. The number of cyclic esters (lactones) is 1. The zero-order valence-electron chi connectivity index (χ0n) is 9.02. The molecule has 0 saturated carbocycles. The molecule has 2 rings (SSSR count). The van der Waals surface area contributed by atoms with Crippen LogP contribution in [0, 0.1) is 0 Å². The standard InChI is InChI=1S/C11H19NO3/c13-7-2-4-9-3-1-6-12(9)10-5-8-15-11(10)14/h9-10,13H,1-8H2. The Morgan fingerprint density at radius 1 is 1.47 bits per heavy atom. The number of aliphatic hydroxyl groups excluding tert-OH is 1. The summed E-state index contributed by atoms with van der Waals surface area (Å²) in [5.41, 5.74) is 0. The van der Waals surface area contributed by atoms with Gasteiger partial charge >= 0.3 is 5.97 Å². The van der Waals surface area contributed by atoms with Crippen molar-refractivity contribution in [3.05, 3.63) is 0 Å². The van der Waals surface area contributed by atoms with Crippen molar-refractivity contribution in [3.8, 4) is 0 Å². The van der Waals surface area contributed by atoms with Crippen LogP contribution in [0.15, 0.2) is 0 Å².